The van der Waals surface area contributed by atoms with Crippen LogP contribution in [-0.4, -0.2) is 23.3 Å². The summed E-state index contributed by atoms with van der Waals surface area (Å²) in [6.07, 6.45) is 1.88. The fourth-order valence-corrected chi connectivity index (χ4v) is 3.67. The molecule has 1 aliphatic heterocycles. The van der Waals surface area contributed by atoms with E-state index in [9.17, 15) is 19.7 Å². The summed E-state index contributed by atoms with van der Waals surface area (Å²) in [5.74, 6) is -1.77. The SMILES string of the molecule is C=C1NC2=C(C(=O)CCC2)C(c2ccc([N+](=O)[O-])cc2)C1C(=O)OCC. The van der Waals surface area contributed by atoms with Gasteiger partial charge < -0.3 is 10.1 Å². The predicted octanol–water partition coefficient (Wildman–Crippen LogP) is 2.98. The average Bonchev–Trinajstić information content (AvgIpc) is 2.61. The van der Waals surface area contributed by atoms with Crippen LogP contribution in [-0.2, 0) is 14.3 Å². The van der Waals surface area contributed by atoms with Crippen LogP contribution in [0.2, 0.25) is 0 Å². The van der Waals surface area contributed by atoms with Crippen LogP contribution in [0.15, 0.2) is 47.8 Å². The summed E-state index contributed by atoms with van der Waals surface area (Å²) in [6, 6.07) is 5.96. The quantitative estimate of drug-likeness (QED) is 0.506. The van der Waals surface area contributed by atoms with Gasteiger partial charge in [-0.25, -0.2) is 0 Å². The van der Waals surface area contributed by atoms with E-state index in [0.29, 0.717) is 29.7 Å². The number of nitro groups is 1. The molecule has 0 amide bonds. The maximum atomic E-state index is 12.6. The first-order chi connectivity index (χ1) is 12.4. The topological polar surface area (TPSA) is 98.5 Å². The molecule has 26 heavy (non-hydrogen) atoms. The summed E-state index contributed by atoms with van der Waals surface area (Å²) < 4.78 is 5.20. The molecule has 7 nitrogen and oxygen atoms in total. The number of carbonyl (C=O) groups is 2. The summed E-state index contributed by atoms with van der Waals surface area (Å²) in [5, 5.41) is 14.0. The van der Waals surface area contributed by atoms with E-state index in [0.717, 1.165) is 12.1 Å². The molecule has 136 valence electrons. The second kappa shape index (κ2) is 7.11. The van der Waals surface area contributed by atoms with Gasteiger partial charge in [0.05, 0.1) is 11.5 Å². The number of rotatable bonds is 4. The summed E-state index contributed by atoms with van der Waals surface area (Å²) in [4.78, 5) is 35.7. The first-order valence-corrected chi connectivity index (χ1v) is 8.57. The fraction of sp³-hybridized carbons (Fsp3) is 0.368. The Hall–Kier alpha value is -2.96. The fourth-order valence-electron chi connectivity index (χ4n) is 3.67. The van der Waals surface area contributed by atoms with E-state index >= 15 is 0 Å². The van der Waals surface area contributed by atoms with E-state index in [1.807, 2.05) is 0 Å². The van der Waals surface area contributed by atoms with Gasteiger partial charge in [-0.1, -0.05) is 18.7 Å². The third-order valence-corrected chi connectivity index (χ3v) is 4.79. The molecular formula is C19H20N2O5. The molecule has 1 aliphatic carbocycles. The second-order valence-corrected chi connectivity index (χ2v) is 6.38. The molecule has 2 atom stereocenters. The first kappa shape index (κ1) is 17.8. The Morgan fingerprint density at radius 2 is 2.04 bits per heavy atom. The van der Waals surface area contributed by atoms with Crippen LogP contribution in [0.4, 0.5) is 5.69 Å². The van der Waals surface area contributed by atoms with Gasteiger partial charge in [0, 0.05) is 41.4 Å². The third-order valence-electron chi connectivity index (χ3n) is 4.79. The molecule has 0 fully saturated rings. The molecule has 0 spiro atoms. The summed E-state index contributed by atoms with van der Waals surface area (Å²) in [5.41, 5.74) is 2.46. The summed E-state index contributed by atoms with van der Waals surface area (Å²) in [7, 11) is 0. The number of esters is 1. The smallest absolute Gasteiger partial charge is 0.315 e. The van der Waals surface area contributed by atoms with E-state index in [2.05, 4.69) is 11.9 Å². The number of non-ortho nitro benzene ring substituents is 1. The number of carbonyl (C=O) groups excluding carboxylic acids is 2. The number of hydrogen-bond donors (Lipinski definition) is 1. The van der Waals surface area contributed by atoms with Gasteiger partial charge in [-0.2, -0.15) is 0 Å². The molecule has 3 rings (SSSR count). The number of Topliss-reactive ketones (excluding diaryl/α,β-unsaturated/α-hetero) is 1. The summed E-state index contributed by atoms with van der Waals surface area (Å²) >= 11 is 0. The van der Waals surface area contributed by atoms with Gasteiger partial charge in [-0.3, -0.25) is 19.7 Å². The lowest BCUT2D eigenvalue weighted by molar-refractivity contribution is -0.384. The zero-order chi connectivity index (χ0) is 18.8. The van der Waals surface area contributed by atoms with Crippen molar-refractivity contribution in [3.8, 4) is 0 Å². The Kier molecular flexibility index (Phi) is 4.88. The molecule has 0 saturated heterocycles. The number of ketones is 1. The van der Waals surface area contributed by atoms with Crippen molar-refractivity contribution in [3.63, 3.8) is 0 Å². The monoisotopic (exact) mass is 356 g/mol. The number of benzene rings is 1. The van der Waals surface area contributed by atoms with Crippen LogP contribution < -0.4 is 5.32 Å². The molecule has 1 heterocycles. The van der Waals surface area contributed by atoms with Crippen LogP contribution in [0.25, 0.3) is 0 Å². The Morgan fingerprint density at radius 3 is 2.65 bits per heavy atom. The first-order valence-electron chi connectivity index (χ1n) is 8.57. The molecule has 2 aliphatic rings. The normalized spacial score (nSPS) is 22.5. The Morgan fingerprint density at radius 1 is 1.35 bits per heavy atom. The van der Waals surface area contributed by atoms with Crippen molar-refractivity contribution in [1.29, 1.82) is 0 Å². The molecule has 0 aromatic heterocycles. The third kappa shape index (κ3) is 3.12. The molecule has 0 radical (unpaired) electrons. The van der Waals surface area contributed by atoms with Crippen LogP contribution in [0.3, 0.4) is 0 Å². The van der Waals surface area contributed by atoms with Gasteiger partial charge in [0.15, 0.2) is 5.78 Å². The lowest BCUT2D eigenvalue weighted by atomic mass is 9.71. The van der Waals surface area contributed by atoms with Crippen molar-refractivity contribution in [1.82, 2.24) is 5.32 Å². The van der Waals surface area contributed by atoms with E-state index in [-0.39, 0.29) is 18.1 Å². The van der Waals surface area contributed by atoms with Gasteiger partial charge in [0.1, 0.15) is 5.92 Å². The van der Waals surface area contributed by atoms with Crippen molar-refractivity contribution in [2.75, 3.05) is 6.61 Å². The second-order valence-electron chi connectivity index (χ2n) is 6.38. The molecule has 7 heteroatoms. The van der Waals surface area contributed by atoms with E-state index < -0.39 is 22.7 Å². The van der Waals surface area contributed by atoms with Crippen molar-refractivity contribution in [2.24, 2.45) is 5.92 Å². The van der Waals surface area contributed by atoms with Gasteiger partial charge >= 0.3 is 5.97 Å². The molecular weight excluding hydrogens is 336 g/mol. The minimum Gasteiger partial charge on any atom is -0.465 e. The molecule has 0 bridgehead atoms. The number of nitrogens with zero attached hydrogens (tertiary/aromatic N) is 1. The number of nitrogens with one attached hydrogen (secondary N) is 1. The number of nitro benzene ring substituents is 1. The van der Waals surface area contributed by atoms with Gasteiger partial charge in [0.25, 0.3) is 5.69 Å². The van der Waals surface area contributed by atoms with Crippen molar-refractivity contribution in [3.05, 3.63) is 63.5 Å². The van der Waals surface area contributed by atoms with Crippen LogP contribution in [0.5, 0.6) is 0 Å². The Labute approximate surface area is 150 Å². The maximum Gasteiger partial charge on any atom is 0.315 e. The molecule has 1 aromatic carbocycles. The van der Waals surface area contributed by atoms with Crippen LogP contribution >= 0.6 is 0 Å². The lowest BCUT2D eigenvalue weighted by Crippen LogP contribution is -2.41. The molecule has 0 saturated carbocycles. The van der Waals surface area contributed by atoms with E-state index in [4.69, 9.17) is 4.74 Å². The molecule has 2 unspecified atom stereocenters. The highest BCUT2D eigenvalue weighted by Gasteiger charge is 2.43. The van der Waals surface area contributed by atoms with Crippen molar-refractivity contribution in [2.45, 2.75) is 32.1 Å². The van der Waals surface area contributed by atoms with Crippen molar-refractivity contribution < 1.29 is 19.2 Å². The van der Waals surface area contributed by atoms with Gasteiger partial charge in [-0.05, 0) is 25.3 Å². The molecule has 1 N–H and O–H groups in total. The standard InChI is InChI=1S/C19H20N2O5/c1-3-26-19(23)16-11(2)20-14-5-4-6-15(22)18(14)17(16)12-7-9-13(10-8-12)21(24)25/h7-10,16-17,20H,2-6H2,1H3. The van der Waals surface area contributed by atoms with Crippen LogP contribution in [0, 0.1) is 16.0 Å². The highest BCUT2D eigenvalue weighted by Crippen LogP contribution is 2.44. The highest BCUT2D eigenvalue weighted by molar-refractivity contribution is 6.00. The Bertz CT molecular complexity index is 810. The minimum absolute atomic E-state index is 0.0103. The largest absolute Gasteiger partial charge is 0.465 e. The Balaban J connectivity index is 2.11. The minimum atomic E-state index is -0.753. The molecule has 1 aromatic rings. The van der Waals surface area contributed by atoms with Gasteiger partial charge in [0.2, 0.25) is 0 Å². The maximum absolute atomic E-state index is 12.6. The zero-order valence-electron chi connectivity index (χ0n) is 14.5. The number of ether oxygens (including phenoxy) is 1. The number of allylic oxidation sites excluding steroid dienone is 2. The predicted molar refractivity (Wildman–Crippen MR) is 94.1 cm³/mol. The van der Waals surface area contributed by atoms with E-state index in [1.54, 1.807) is 19.1 Å². The van der Waals surface area contributed by atoms with Crippen molar-refractivity contribution >= 4 is 17.4 Å². The van der Waals surface area contributed by atoms with Gasteiger partial charge in [-0.15, -0.1) is 0 Å². The van der Waals surface area contributed by atoms with E-state index in [1.165, 1.54) is 12.1 Å². The summed E-state index contributed by atoms with van der Waals surface area (Å²) in [6.45, 7) is 5.91. The lowest BCUT2D eigenvalue weighted by Gasteiger charge is -2.38. The zero-order valence-corrected chi connectivity index (χ0v) is 14.5. The number of hydrogen-bond acceptors (Lipinski definition) is 6. The van der Waals surface area contributed by atoms with Crippen LogP contribution in [0.1, 0.15) is 37.7 Å². The highest BCUT2D eigenvalue weighted by atomic mass is 16.6. The average molecular weight is 356 g/mol.